The van der Waals surface area contributed by atoms with Gasteiger partial charge in [0, 0.05) is 21.2 Å². The SMILES string of the molecule is Cc1ccc(F)cc1CC(CSc1cccc(Br)c1)NN. The Hall–Kier alpha value is -0.880. The predicted molar refractivity (Wildman–Crippen MR) is 90.8 cm³/mol. The van der Waals surface area contributed by atoms with Gasteiger partial charge in [0.25, 0.3) is 0 Å². The van der Waals surface area contributed by atoms with Gasteiger partial charge in [-0.25, -0.2) is 4.39 Å². The van der Waals surface area contributed by atoms with Gasteiger partial charge >= 0.3 is 0 Å². The second-order valence-corrected chi connectivity index (χ2v) is 6.92. The lowest BCUT2D eigenvalue weighted by Crippen LogP contribution is -2.38. The Labute approximate surface area is 137 Å². The maximum atomic E-state index is 13.3. The average Bonchev–Trinajstić information content (AvgIpc) is 2.47. The van der Waals surface area contributed by atoms with Crippen molar-refractivity contribution in [1.82, 2.24) is 5.43 Å². The molecule has 0 bridgehead atoms. The van der Waals surface area contributed by atoms with Crippen molar-refractivity contribution < 1.29 is 4.39 Å². The number of hydrogen-bond donors (Lipinski definition) is 2. The van der Waals surface area contributed by atoms with E-state index in [1.807, 2.05) is 19.1 Å². The van der Waals surface area contributed by atoms with E-state index in [1.54, 1.807) is 23.9 Å². The minimum Gasteiger partial charge on any atom is -0.271 e. The maximum Gasteiger partial charge on any atom is 0.123 e. The molecule has 0 spiro atoms. The molecule has 0 saturated carbocycles. The summed E-state index contributed by atoms with van der Waals surface area (Å²) in [5.41, 5.74) is 4.91. The lowest BCUT2D eigenvalue weighted by Gasteiger charge is -2.17. The number of nitrogens with two attached hydrogens (primary N) is 1. The van der Waals surface area contributed by atoms with Gasteiger partial charge in [0.1, 0.15) is 5.82 Å². The van der Waals surface area contributed by atoms with Crippen molar-refractivity contribution in [3.63, 3.8) is 0 Å². The number of nitrogens with one attached hydrogen (secondary N) is 1. The third-order valence-electron chi connectivity index (χ3n) is 3.26. The molecule has 112 valence electrons. The highest BCUT2D eigenvalue weighted by atomic mass is 79.9. The smallest absolute Gasteiger partial charge is 0.123 e. The molecule has 0 saturated heterocycles. The van der Waals surface area contributed by atoms with Crippen molar-refractivity contribution >= 4 is 27.7 Å². The molecule has 5 heteroatoms. The fraction of sp³-hybridized carbons (Fsp3) is 0.250. The Morgan fingerprint density at radius 1 is 1.29 bits per heavy atom. The van der Waals surface area contributed by atoms with Gasteiger partial charge in [0.05, 0.1) is 0 Å². The van der Waals surface area contributed by atoms with Gasteiger partial charge in [-0.3, -0.25) is 11.3 Å². The first-order valence-electron chi connectivity index (χ1n) is 6.68. The van der Waals surface area contributed by atoms with Crippen LogP contribution in [0.15, 0.2) is 51.8 Å². The highest BCUT2D eigenvalue weighted by Crippen LogP contribution is 2.23. The van der Waals surface area contributed by atoms with Gasteiger partial charge in [-0.1, -0.05) is 28.1 Å². The van der Waals surface area contributed by atoms with Crippen LogP contribution >= 0.6 is 27.7 Å². The van der Waals surface area contributed by atoms with E-state index < -0.39 is 0 Å². The molecular weight excluding hydrogens is 351 g/mol. The van der Waals surface area contributed by atoms with Gasteiger partial charge in [-0.2, -0.15) is 0 Å². The summed E-state index contributed by atoms with van der Waals surface area (Å²) in [4.78, 5) is 1.18. The van der Waals surface area contributed by atoms with E-state index in [-0.39, 0.29) is 11.9 Å². The number of aryl methyl sites for hydroxylation is 1. The van der Waals surface area contributed by atoms with Crippen LogP contribution in [0.4, 0.5) is 4.39 Å². The van der Waals surface area contributed by atoms with Gasteiger partial charge < -0.3 is 0 Å². The molecule has 2 rings (SSSR count). The Kier molecular flexibility index (Phi) is 6.23. The third-order valence-corrected chi connectivity index (χ3v) is 4.91. The standard InChI is InChI=1S/C16H18BrFN2S/c1-11-5-6-14(18)7-12(11)8-15(20-19)10-21-16-4-2-3-13(17)9-16/h2-7,9,15,20H,8,10,19H2,1H3. The Morgan fingerprint density at radius 3 is 2.81 bits per heavy atom. The summed E-state index contributed by atoms with van der Waals surface area (Å²) < 4.78 is 14.4. The summed E-state index contributed by atoms with van der Waals surface area (Å²) in [5, 5.41) is 0. The molecular formula is C16H18BrFN2S. The molecule has 21 heavy (non-hydrogen) atoms. The predicted octanol–water partition coefficient (Wildman–Crippen LogP) is 4.06. The first-order chi connectivity index (χ1) is 10.1. The summed E-state index contributed by atoms with van der Waals surface area (Å²) in [6.07, 6.45) is 0.709. The summed E-state index contributed by atoms with van der Waals surface area (Å²) in [5.74, 6) is 6.26. The molecule has 0 aromatic heterocycles. The molecule has 2 aromatic rings. The first kappa shape index (κ1) is 16.5. The summed E-state index contributed by atoms with van der Waals surface area (Å²) >= 11 is 5.19. The fourth-order valence-electron chi connectivity index (χ4n) is 2.04. The second kappa shape index (κ2) is 7.94. The average molecular weight is 369 g/mol. The van der Waals surface area contributed by atoms with Gasteiger partial charge in [0.15, 0.2) is 0 Å². The second-order valence-electron chi connectivity index (χ2n) is 4.91. The molecule has 0 aliphatic carbocycles. The summed E-state index contributed by atoms with van der Waals surface area (Å²) in [6, 6.07) is 13.1. The maximum absolute atomic E-state index is 13.3. The zero-order valence-electron chi connectivity index (χ0n) is 11.8. The summed E-state index contributed by atoms with van der Waals surface area (Å²) in [6.45, 7) is 1.99. The molecule has 3 N–H and O–H groups in total. The van der Waals surface area contributed by atoms with Crippen LogP contribution in [-0.2, 0) is 6.42 Å². The molecule has 1 atom stereocenters. The minimum atomic E-state index is -0.203. The van der Waals surface area contributed by atoms with E-state index >= 15 is 0 Å². The van der Waals surface area contributed by atoms with Crippen LogP contribution in [0.2, 0.25) is 0 Å². The monoisotopic (exact) mass is 368 g/mol. The van der Waals surface area contributed by atoms with Crippen LogP contribution in [0.1, 0.15) is 11.1 Å². The van der Waals surface area contributed by atoms with E-state index in [1.165, 1.54) is 11.0 Å². The molecule has 2 aromatic carbocycles. The van der Waals surface area contributed by atoms with E-state index in [0.29, 0.717) is 6.42 Å². The van der Waals surface area contributed by atoms with Crippen molar-refractivity contribution in [2.45, 2.75) is 24.3 Å². The topological polar surface area (TPSA) is 38.0 Å². The van der Waals surface area contributed by atoms with Crippen LogP contribution in [0.3, 0.4) is 0 Å². The molecule has 0 fully saturated rings. The molecule has 0 aliphatic rings. The van der Waals surface area contributed by atoms with Crippen molar-refractivity contribution in [2.75, 3.05) is 5.75 Å². The molecule has 0 heterocycles. The quantitative estimate of drug-likeness (QED) is 0.458. The zero-order chi connectivity index (χ0) is 15.2. The van der Waals surface area contributed by atoms with Crippen LogP contribution in [-0.4, -0.2) is 11.8 Å². The van der Waals surface area contributed by atoms with Crippen LogP contribution in [0.25, 0.3) is 0 Å². The number of hydrogen-bond acceptors (Lipinski definition) is 3. The molecule has 0 amide bonds. The van der Waals surface area contributed by atoms with Gasteiger partial charge in [-0.05, 0) is 54.8 Å². The van der Waals surface area contributed by atoms with Gasteiger partial charge in [0.2, 0.25) is 0 Å². The minimum absolute atomic E-state index is 0.0921. The van der Waals surface area contributed by atoms with E-state index in [9.17, 15) is 4.39 Å². The largest absolute Gasteiger partial charge is 0.271 e. The number of thioether (sulfide) groups is 1. The van der Waals surface area contributed by atoms with Crippen LogP contribution < -0.4 is 11.3 Å². The van der Waals surface area contributed by atoms with Crippen molar-refractivity contribution in [2.24, 2.45) is 5.84 Å². The molecule has 0 aliphatic heterocycles. The van der Waals surface area contributed by atoms with Crippen LogP contribution in [0.5, 0.6) is 0 Å². The lowest BCUT2D eigenvalue weighted by molar-refractivity contribution is 0.569. The zero-order valence-corrected chi connectivity index (χ0v) is 14.2. The Balaban J connectivity index is 1.98. The highest BCUT2D eigenvalue weighted by Gasteiger charge is 2.11. The lowest BCUT2D eigenvalue weighted by atomic mass is 10.0. The first-order valence-corrected chi connectivity index (χ1v) is 8.46. The Bertz CT molecular complexity index is 607. The van der Waals surface area contributed by atoms with Gasteiger partial charge in [-0.15, -0.1) is 11.8 Å². The fourth-order valence-corrected chi connectivity index (χ4v) is 3.59. The van der Waals surface area contributed by atoms with E-state index in [2.05, 4.69) is 33.5 Å². The number of halogens is 2. The van der Waals surface area contributed by atoms with Crippen molar-refractivity contribution in [3.05, 3.63) is 63.9 Å². The van der Waals surface area contributed by atoms with Crippen molar-refractivity contribution in [3.8, 4) is 0 Å². The van der Waals surface area contributed by atoms with E-state index in [0.717, 1.165) is 21.4 Å². The normalized spacial score (nSPS) is 12.4. The number of rotatable bonds is 6. The molecule has 0 radical (unpaired) electrons. The molecule has 2 nitrogen and oxygen atoms in total. The highest BCUT2D eigenvalue weighted by molar-refractivity contribution is 9.10. The number of benzene rings is 2. The van der Waals surface area contributed by atoms with Crippen molar-refractivity contribution in [1.29, 1.82) is 0 Å². The molecule has 1 unspecified atom stereocenters. The third kappa shape index (κ3) is 5.11. The van der Waals surface area contributed by atoms with E-state index in [4.69, 9.17) is 5.84 Å². The summed E-state index contributed by atoms with van der Waals surface area (Å²) in [7, 11) is 0. The van der Waals surface area contributed by atoms with Crippen LogP contribution in [0, 0.1) is 12.7 Å². The number of hydrazine groups is 1. The Morgan fingerprint density at radius 2 is 2.10 bits per heavy atom.